The first-order chi connectivity index (χ1) is 14.7. The van der Waals surface area contributed by atoms with Gasteiger partial charge in [0.1, 0.15) is 11.9 Å². The molecule has 1 amide bonds. The van der Waals surface area contributed by atoms with Gasteiger partial charge in [0.05, 0.1) is 12.0 Å². The van der Waals surface area contributed by atoms with Crippen molar-refractivity contribution >= 4 is 5.91 Å². The van der Waals surface area contributed by atoms with Crippen LogP contribution in [0.4, 0.5) is 17.6 Å². The fourth-order valence-electron chi connectivity index (χ4n) is 3.01. The highest BCUT2D eigenvalue weighted by Gasteiger charge is 2.31. The van der Waals surface area contributed by atoms with E-state index in [1.165, 1.54) is 36.4 Å². The lowest BCUT2D eigenvalue weighted by Gasteiger charge is -2.20. The van der Waals surface area contributed by atoms with Gasteiger partial charge in [-0.2, -0.15) is 18.2 Å². The first kappa shape index (κ1) is 22.5. The fraction of sp³-hybridized carbons (Fsp3) is 0.318. The molecule has 164 valence electrons. The molecule has 1 N–H and O–H groups in total. The first-order valence-electron chi connectivity index (χ1n) is 9.72. The topological polar surface area (TPSA) is 68.0 Å². The summed E-state index contributed by atoms with van der Waals surface area (Å²) in [6, 6.07) is 9.59. The second kappa shape index (κ2) is 9.28. The maximum atomic E-state index is 13.0. The van der Waals surface area contributed by atoms with Gasteiger partial charge in [-0.3, -0.25) is 4.79 Å². The molecule has 0 aliphatic carbocycles. The average Bonchev–Trinajstić information content (AvgIpc) is 3.22. The summed E-state index contributed by atoms with van der Waals surface area (Å²) in [4.78, 5) is 16.7. The molecule has 0 aliphatic heterocycles. The van der Waals surface area contributed by atoms with Crippen molar-refractivity contribution in [1.82, 2.24) is 15.5 Å². The molecule has 2 atom stereocenters. The average molecular weight is 435 g/mol. The van der Waals surface area contributed by atoms with Gasteiger partial charge in [-0.1, -0.05) is 49.7 Å². The third-order valence-electron chi connectivity index (χ3n) is 4.96. The molecule has 0 fully saturated rings. The Kier molecular flexibility index (Phi) is 6.72. The zero-order valence-electron chi connectivity index (χ0n) is 16.9. The fourth-order valence-corrected chi connectivity index (χ4v) is 3.01. The Labute approximate surface area is 176 Å². The second-order valence-electron chi connectivity index (χ2n) is 7.27. The molecule has 1 aromatic heterocycles. The van der Waals surface area contributed by atoms with Crippen molar-refractivity contribution in [3.63, 3.8) is 0 Å². The summed E-state index contributed by atoms with van der Waals surface area (Å²) in [7, 11) is 0. The van der Waals surface area contributed by atoms with E-state index >= 15 is 0 Å². The molecule has 0 aliphatic rings. The van der Waals surface area contributed by atoms with Crippen LogP contribution in [-0.4, -0.2) is 16.0 Å². The summed E-state index contributed by atoms with van der Waals surface area (Å²) in [5.74, 6) is -0.686. The number of nitrogens with zero attached hydrogens (tertiary/aromatic N) is 2. The SMILES string of the molecule is CC[C@H](C)[C@@H](NC(=O)Cc1ccc(F)cc1)c1nc(-c2cccc(C(F)(F)F)c2)no1. The number of benzene rings is 2. The van der Waals surface area contributed by atoms with Crippen molar-refractivity contribution in [2.75, 3.05) is 0 Å². The normalized spacial score (nSPS) is 13.6. The number of hydrogen-bond donors (Lipinski definition) is 1. The highest BCUT2D eigenvalue weighted by Crippen LogP contribution is 2.32. The summed E-state index contributed by atoms with van der Waals surface area (Å²) >= 11 is 0. The maximum Gasteiger partial charge on any atom is 0.416 e. The van der Waals surface area contributed by atoms with E-state index in [9.17, 15) is 22.4 Å². The van der Waals surface area contributed by atoms with Crippen LogP contribution in [0.1, 0.15) is 43.3 Å². The van der Waals surface area contributed by atoms with Crippen LogP contribution in [0, 0.1) is 11.7 Å². The summed E-state index contributed by atoms with van der Waals surface area (Å²) in [5.41, 5.74) is -0.0234. The van der Waals surface area contributed by atoms with E-state index in [0.29, 0.717) is 12.0 Å². The van der Waals surface area contributed by atoms with Crippen LogP contribution < -0.4 is 5.32 Å². The lowest BCUT2D eigenvalue weighted by molar-refractivity contribution is -0.137. The highest BCUT2D eigenvalue weighted by molar-refractivity contribution is 5.79. The number of rotatable bonds is 7. The lowest BCUT2D eigenvalue weighted by atomic mass is 9.98. The number of aromatic nitrogens is 2. The molecule has 3 rings (SSSR count). The molecule has 0 radical (unpaired) electrons. The maximum absolute atomic E-state index is 13.0. The standard InChI is InChI=1S/C22H21F4N3O2/c1-3-13(2)19(27-18(30)11-14-7-9-17(23)10-8-14)21-28-20(29-31-21)15-5-4-6-16(12-15)22(24,25)26/h4-10,12-13,19H,3,11H2,1-2H3,(H,27,30)/t13-,19+/m0/s1. The van der Waals surface area contributed by atoms with E-state index in [1.54, 1.807) is 0 Å². The number of halogens is 4. The van der Waals surface area contributed by atoms with Gasteiger partial charge in [-0.25, -0.2) is 4.39 Å². The molecule has 5 nitrogen and oxygen atoms in total. The van der Waals surface area contributed by atoms with E-state index in [4.69, 9.17) is 4.52 Å². The van der Waals surface area contributed by atoms with Crippen LogP contribution in [0.5, 0.6) is 0 Å². The predicted octanol–water partition coefficient (Wildman–Crippen LogP) is 5.34. The van der Waals surface area contributed by atoms with Crippen LogP contribution in [0.25, 0.3) is 11.4 Å². The number of hydrogen-bond acceptors (Lipinski definition) is 4. The third kappa shape index (κ3) is 5.68. The summed E-state index contributed by atoms with van der Waals surface area (Å²) < 4.78 is 57.3. The van der Waals surface area contributed by atoms with Crippen molar-refractivity contribution in [2.45, 2.75) is 38.9 Å². The van der Waals surface area contributed by atoms with Gasteiger partial charge >= 0.3 is 6.18 Å². The van der Waals surface area contributed by atoms with E-state index in [1.807, 2.05) is 13.8 Å². The Bertz CT molecular complexity index is 1030. The summed E-state index contributed by atoms with van der Waals surface area (Å²) in [6.45, 7) is 3.81. The lowest BCUT2D eigenvalue weighted by Crippen LogP contribution is -2.33. The first-order valence-corrected chi connectivity index (χ1v) is 9.72. The van der Waals surface area contributed by atoms with Crippen LogP contribution in [0.3, 0.4) is 0 Å². The number of carbonyl (C=O) groups is 1. The molecule has 1 heterocycles. The number of alkyl halides is 3. The molecule has 0 unspecified atom stereocenters. The van der Waals surface area contributed by atoms with Gasteiger partial charge in [-0.15, -0.1) is 0 Å². The number of nitrogens with one attached hydrogen (secondary N) is 1. The van der Waals surface area contributed by atoms with Crippen molar-refractivity contribution in [1.29, 1.82) is 0 Å². The third-order valence-corrected chi connectivity index (χ3v) is 4.96. The largest absolute Gasteiger partial charge is 0.416 e. The Morgan fingerprint density at radius 2 is 1.87 bits per heavy atom. The van der Waals surface area contributed by atoms with Crippen LogP contribution in [-0.2, 0) is 17.4 Å². The van der Waals surface area contributed by atoms with E-state index < -0.39 is 23.6 Å². The second-order valence-corrected chi connectivity index (χ2v) is 7.27. The molecule has 0 bridgehead atoms. The molecule has 0 saturated heterocycles. The van der Waals surface area contributed by atoms with Gasteiger partial charge in [-0.05, 0) is 35.7 Å². The zero-order chi connectivity index (χ0) is 22.6. The summed E-state index contributed by atoms with van der Waals surface area (Å²) in [5, 5.41) is 6.64. The smallest absolute Gasteiger partial charge is 0.344 e. The molecule has 0 saturated carbocycles. The molecule has 31 heavy (non-hydrogen) atoms. The van der Waals surface area contributed by atoms with Gasteiger partial charge in [0.25, 0.3) is 0 Å². The quantitative estimate of drug-likeness (QED) is 0.509. The van der Waals surface area contributed by atoms with Crippen molar-refractivity contribution in [2.24, 2.45) is 5.92 Å². The molecular formula is C22H21F4N3O2. The highest BCUT2D eigenvalue weighted by atomic mass is 19.4. The molecular weight excluding hydrogens is 414 g/mol. The Morgan fingerprint density at radius 1 is 1.16 bits per heavy atom. The van der Waals surface area contributed by atoms with Crippen molar-refractivity contribution in [3.8, 4) is 11.4 Å². The van der Waals surface area contributed by atoms with Gasteiger partial charge < -0.3 is 9.84 Å². The minimum atomic E-state index is -4.49. The van der Waals surface area contributed by atoms with Crippen molar-refractivity contribution in [3.05, 3.63) is 71.4 Å². The van der Waals surface area contributed by atoms with Gasteiger partial charge in [0, 0.05) is 5.56 Å². The van der Waals surface area contributed by atoms with Gasteiger partial charge in [0.2, 0.25) is 17.6 Å². The number of carbonyl (C=O) groups excluding carboxylic acids is 1. The van der Waals surface area contributed by atoms with E-state index in [0.717, 1.165) is 12.1 Å². The predicted molar refractivity (Wildman–Crippen MR) is 105 cm³/mol. The minimum Gasteiger partial charge on any atom is -0.344 e. The Balaban J connectivity index is 1.80. The van der Waals surface area contributed by atoms with Crippen molar-refractivity contribution < 1.29 is 26.9 Å². The summed E-state index contributed by atoms with van der Waals surface area (Å²) in [6.07, 6.45) is -3.78. The molecule has 0 spiro atoms. The van der Waals surface area contributed by atoms with Gasteiger partial charge in [0.15, 0.2) is 0 Å². The molecule has 2 aromatic carbocycles. The van der Waals surface area contributed by atoms with E-state index in [-0.39, 0.29) is 35.5 Å². The monoisotopic (exact) mass is 435 g/mol. The molecule has 3 aromatic rings. The number of amides is 1. The molecule has 9 heteroatoms. The van der Waals surface area contributed by atoms with Crippen LogP contribution >= 0.6 is 0 Å². The Hall–Kier alpha value is -3.23. The Morgan fingerprint density at radius 3 is 2.52 bits per heavy atom. The van der Waals surface area contributed by atoms with Crippen LogP contribution in [0.15, 0.2) is 53.1 Å². The van der Waals surface area contributed by atoms with E-state index in [2.05, 4.69) is 15.5 Å². The minimum absolute atomic E-state index is 0.00202. The zero-order valence-corrected chi connectivity index (χ0v) is 16.9. The van der Waals surface area contributed by atoms with Crippen LogP contribution in [0.2, 0.25) is 0 Å².